The van der Waals surface area contributed by atoms with Gasteiger partial charge in [-0.25, -0.2) is 0 Å². The summed E-state index contributed by atoms with van der Waals surface area (Å²) in [5.41, 5.74) is 0.299. The summed E-state index contributed by atoms with van der Waals surface area (Å²) in [4.78, 5) is 5.08. The molecule has 3 nitrogen and oxygen atoms in total. The van der Waals surface area contributed by atoms with Gasteiger partial charge in [-0.2, -0.15) is 0 Å². The van der Waals surface area contributed by atoms with Gasteiger partial charge in [-0.1, -0.05) is 6.92 Å². The highest BCUT2D eigenvalue weighted by Crippen LogP contribution is 2.25. The topological polar surface area (TPSA) is 18.5 Å². The summed E-state index contributed by atoms with van der Waals surface area (Å²) in [7, 11) is 2.22. The average Bonchev–Trinajstić information content (AvgIpc) is 2.73. The van der Waals surface area contributed by atoms with E-state index in [-0.39, 0.29) is 0 Å². The number of piperazine rings is 1. The molecule has 2 rings (SSSR count). The first kappa shape index (κ1) is 14.3. The molecule has 0 bridgehead atoms. The molecule has 0 spiro atoms. The third-order valence-electron chi connectivity index (χ3n) is 4.88. The molecule has 18 heavy (non-hydrogen) atoms. The van der Waals surface area contributed by atoms with Gasteiger partial charge in [0.2, 0.25) is 0 Å². The van der Waals surface area contributed by atoms with Gasteiger partial charge < -0.3 is 10.2 Å². The molecule has 2 aliphatic rings. The molecule has 2 atom stereocenters. The van der Waals surface area contributed by atoms with Crippen molar-refractivity contribution in [1.82, 2.24) is 15.1 Å². The zero-order chi connectivity index (χ0) is 13.2. The van der Waals surface area contributed by atoms with Crippen LogP contribution in [-0.2, 0) is 0 Å². The molecule has 0 aromatic carbocycles. The minimum Gasteiger partial charge on any atom is -0.312 e. The fourth-order valence-electron chi connectivity index (χ4n) is 3.31. The first-order chi connectivity index (χ1) is 8.47. The van der Waals surface area contributed by atoms with E-state index < -0.39 is 0 Å². The van der Waals surface area contributed by atoms with Crippen LogP contribution >= 0.6 is 0 Å². The van der Waals surface area contributed by atoms with Crippen LogP contribution in [0.2, 0.25) is 0 Å². The van der Waals surface area contributed by atoms with Gasteiger partial charge in [-0.15, -0.1) is 0 Å². The van der Waals surface area contributed by atoms with Gasteiger partial charge in [0.05, 0.1) is 0 Å². The van der Waals surface area contributed by atoms with Crippen LogP contribution in [0, 0.1) is 5.92 Å². The maximum atomic E-state index is 3.81. The minimum atomic E-state index is 0.299. The normalized spacial score (nSPS) is 32.0. The molecule has 1 saturated heterocycles. The van der Waals surface area contributed by atoms with Gasteiger partial charge >= 0.3 is 0 Å². The second-order valence-electron chi connectivity index (χ2n) is 7.10. The molecule has 1 aliphatic carbocycles. The van der Waals surface area contributed by atoms with Crippen molar-refractivity contribution in [3.63, 3.8) is 0 Å². The second kappa shape index (κ2) is 5.89. The fourth-order valence-corrected chi connectivity index (χ4v) is 3.31. The Bertz CT molecular complexity index is 256. The zero-order valence-electron chi connectivity index (χ0n) is 12.7. The van der Waals surface area contributed by atoms with Crippen LogP contribution in [0.1, 0.15) is 40.0 Å². The Labute approximate surface area is 113 Å². The maximum Gasteiger partial charge on any atom is 0.0278 e. The maximum absolute atomic E-state index is 3.81. The molecule has 2 fully saturated rings. The van der Waals surface area contributed by atoms with Gasteiger partial charge in [0, 0.05) is 44.3 Å². The van der Waals surface area contributed by atoms with Crippen LogP contribution in [0.5, 0.6) is 0 Å². The third-order valence-corrected chi connectivity index (χ3v) is 4.88. The lowest BCUT2D eigenvalue weighted by molar-refractivity contribution is 0.0602. The van der Waals surface area contributed by atoms with Gasteiger partial charge in [0.15, 0.2) is 0 Å². The van der Waals surface area contributed by atoms with Gasteiger partial charge in [0.1, 0.15) is 0 Å². The number of hydrogen-bond acceptors (Lipinski definition) is 3. The molecule has 1 aliphatic heterocycles. The van der Waals surface area contributed by atoms with Crippen LogP contribution in [0.15, 0.2) is 0 Å². The van der Waals surface area contributed by atoms with Crippen molar-refractivity contribution in [2.24, 2.45) is 5.92 Å². The number of nitrogens with zero attached hydrogens (tertiary/aromatic N) is 2. The zero-order valence-corrected chi connectivity index (χ0v) is 12.7. The molecule has 2 unspecified atom stereocenters. The largest absolute Gasteiger partial charge is 0.312 e. The van der Waals surface area contributed by atoms with Crippen LogP contribution in [0.4, 0.5) is 0 Å². The summed E-state index contributed by atoms with van der Waals surface area (Å²) in [6, 6.07) is 0.770. The van der Waals surface area contributed by atoms with E-state index in [1.807, 2.05) is 0 Å². The highest BCUT2D eigenvalue weighted by molar-refractivity contribution is 4.89. The van der Waals surface area contributed by atoms with E-state index in [1.54, 1.807) is 0 Å². The summed E-state index contributed by atoms with van der Waals surface area (Å²) in [5.74, 6) is 0.925. The van der Waals surface area contributed by atoms with Crippen molar-refractivity contribution >= 4 is 0 Å². The van der Waals surface area contributed by atoms with Gasteiger partial charge in [-0.05, 0) is 46.1 Å². The van der Waals surface area contributed by atoms with Crippen LogP contribution in [0.3, 0.4) is 0 Å². The van der Waals surface area contributed by atoms with E-state index in [1.165, 1.54) is 45.4 Å². The number of rotatable bonds is 4. The van der Waals surface area contributed by atoms with Crippen LogP contribution in [0.25, 0.3) is 0 Å². The lowest BCUT2D eigenvalue weighted by Crippen LogP contribution is -2.58. The Kier molecular flexibility index (Phi) is 4.68. The van der Waals surface area contributed by atoms with Crippen LogP contribution < -0.4 is 5.32 Å². The Morgan fingerprint density at radius 2 is 1.78 bits per heavy atom. The van der Waals surface area contributed by atoms with Crippen molar-refractivity contribution in [3.05, 3.63) is 0 Å². The van der Waals surface area contributed by atoms with E-state index in [0.717, 1.165) is 18.5 Å². The average molecular weight is 253 g/mol. The van der Waals surface area contributed by atoms with E-state index in [4.69, 9.17) is 0 Å². The fraction of sp³-hybridized carbons (Fsp3) is 1.00. The van der Waals surface area contributed by atoms with E-state index in [9.17, 15) is 0 Å². The molecule has 0 aromatic rings. The quantitative estimate of drug-likeness (QED) is 0.824. The first-order valence-electron chi connectivity index (χ1n) is 7.64. The van der Waals surface area contributed by atoms with Crippen molar-refractivity contribution in [3.8, 4) is 0 Å². The Hall–Kier alpha value is -0.120. The van der Waals surface area contributed by atoms with Gasteiger partial charge in [0.25, 0.3) is 0 Å². The SMILES string of the molecule is CC1CCC(NCC(C)(C)N2CCN(C)CC2)C1. The summed E-state index contributed by atoms with van der Waals surface area (Å²) < 4.78 is 0. The molecule has 1 saturated carbocycles. The molecule has 0 amide bonds. The molecule has 0 aromatic heterocycles. The predicted molar refractivity (Wildman–Crippen MR) is 78.0 cm³/mol. The molecule has 1 heterocycles. The third kappa shape index (κ3) is 3.69. The molecular weight excluding hydrogens is 222 g/mol. The molecular formula is C15H31N3. The van der Waals surface area contributed by atoms with Crippen molar-refractivity contribution in [2.45, 2.75) is 51.6 Å². The number of likely N-dealkylation sites (N-methyl/N-ethyl adjacent to an activating group) is 1. The second-order valence-corrected chi connectivity index (χ2v) is 7.10. The summed E-state index contributed by atoms with van der Waals surface area (Å²) in [5, 5.41) is 3.81. The predicted octanol–water partition coefficient (Wildman–Crippen LogP) is 1.79. The number of hydrogen-bond donors (Lipinski definition) is 1. The Morgan fingerprint density at radius 1 is 1.11 bits per heavy atom. The highest BCUT2D eigenvalue weighted by Gasteiger charge is 2.30. The highest BCUT2D eigenvalue weighted by atomic mass is 15.3. The molecule has 106 valence electrons. The summed E-state index contributed by atoms with van der Waals surface area (Å²) in [6.45, 7) is 13.2. The van der Waals surface area contributed by atoms with E-state index in [2.05, 4.69) is 42.9 Å². The summed E-state index contributed by atoms with van der Waals surface area (Å²) in [6.07, 6.45) is 4.16. The molecule has 1 N–H and O–H groups in total. The molecule has 0 radical (unpaired) electrons. The monoisotopic (exact) mass is 253 g/mol. The van der Waals surface area contributed by atoms with Gasteiger partial charge in [-0.3, -0.25) is 4.90 Å². The van der Waals surface area contributed by atoms with Crippen molar-refractivity contribution in [1.29, 1.82) is 0 Å². The van der Waals surface area contributed by atoms with E-state index >= 15 is 0 Å². The lowest BCUT2D eigenvalue weighted by Gasteiger charge is -2.44. The molecule has 3 heteroatoms. The minimum absolute atomic E-state index is 0.299. The number of nitrogens with one attached hydrogen (secondary N) is 1. The standard InChI is InChI=1S/C15H31N3/c1-13-5-6-14(11-13)16-12-15(2,3)18-9-7-17(4)8-10-18/h13-14,16H,5-12H2,1-4H3. The van der Waals surface area contributed by atoms with Crippen molar-refractivity contribution in [2.75, 3.05) is 39.8 Å². The van der Waals surface area contributed by atoms with Crippen molar-refractivity contribution < 1.29 is 0 Å². The smallest absolute Gasteiger partial charge is 0.0278 e. The lowest BCUT2D eigenvalue weighted by atomic mass is 10.0. The Balaban J connectivity index is 1.76. The summed E-state index contributed by atoms with van der Waals surface area (Å²) >= 11 is 0. The van der Waals surface area contributed by atoms with E-state index in [0.29, 0.717) is 5.54 Å². The first-order valence-corrected chi connectivity index (χ1v) is 7.64. The Morgan fingerprint density at radius 3 is 2.33 bits per heavy atom. The van der Waals surface area contributed by atoms with Crippen LogP contribution in [-0.4, -0.2) is 61.2 Å².